The second-order valence-electron chi connectivity index (χ2n) is 7.46. The molecule has 0 aromatic carbocycles. The summed E-state index contributed by atoms with van der Waals surface area (Å²) >= 11 is 0. The van der Waals surface area contributed by atoms with Gasteiger partial charge in [0.2, 0.25) is 17.7 Å². The summed E-state index contributed by atoms with van der Waals surface area (Å²) in [4.78, 5) is 36.0. The van der Waals surface area contributed by atoms with Crippen LogP contribution >= 0.6 is 0 Å². The van der Waals surface area contributed by atoms with E-state index in [9.17, 15) is 14.4 Å². The molecule has 0 unspecified atom stereocenters. The minimum Gasteiger partial charge on any atom is -0.368 e. The van der Waals surface area contributed by atoms with Crippen LogP contribution in [0.3, 0.4) is 0 Å². The molecule has 1 rings (SSSR count). The first-order chi connectivity index (χ1) is 10.6. The Morgan fingerprint density at radius 2 is 1.61 bits per heavy atom. The van der Waals surface area contributed by atoms with Crippen molar-refractivity contribution in [3.63, 3.8) is 0 Å². The van der Waals surface area contributed by atoms with Crippen LogP contribution in [0, 0.1) is 11.3 Å². The Morgan fingerprint density at radius 1 is 1.09 bits per heavy atom. The molecule has 7 nitrogen and oxygen atoms in total. The molecule has 0 saturated heterocycles. The van der Waals surface area contributed by atoms with Crippen molar-refractivity contribution < 1.29 is 14.4 Å². The molecule has 1 saturated carbocycles. The molecule has 1 aliphatic rings. The Morgan fingerprint density at radius 3 is 2.00 bits per heavy atom. The maximum atomic E-state index is 12.4. The molecule has 0 aliphatic heterocycles. The van der Waals surface area contributed by atoms with Crippen LogP contribution in [-0.4, -0.2) is 35.8 Å². The first-order valence-corrected chi connectivity index (χ1v) is 8.21. The van der Waals surface area contributed by atoms with Crippen molar-refractivity contribution in [3.8, 4) is 0 Å². The number of hydrogen-bond acceptors (Lipinski definition) is 4. The van der Waals surface area contributed by atoms with E-state index in [-0.39, 0.29) is 11.8 Å². The molecule has 132 valence electrons. The lowest BCUT2D eigenvalue weighted by atomic mass is 9.86. The van der Waals surface area contributed by atoms with E-state index in [4.69, 9.17) is 11.5 Å². The van der Waals surface area contributed by atoms with Gasteiger partial charge in [0.25, 0.3) is 0 Å². The molecule has 0 aromatic heterocycles. The largest absolute Gasteiger partial charge is 0.368 e. The summed E-state index contributed by atoms with van der Waals surface area (Å²) in [5.41, 5.74) is 10.8. The average molecular weight is 326 g/mol. The van der Waals surface area contributed by atoms with Crippen LogP contribution in [0.5, 0.6) is 0 Å². The van der Waals surface area contributed by atoms with Crippen molar-refractivity contribution in [3.05, 3.63) is 0 Å². The van der Waals surface area contributed by atoms with Gasteiger partial charge in [-0.05, 0) is 24.2 Å². The van der Waals surface area contributed by atoms with Crippen molar-refractivity contribution in [2.45, 2.75) is 71.5 Å². The Kier molecular flexibility index (Phi) is 6.56. The minimum absolute atomic E-state index is 0.356. The fraction of sp³-hybridized carbons (Fsp3) is 0.812. The van der Waals surface area contributed by atoms with E-state index in [1.54, 1.807) is 6.92 Å². The lowest BCUT2D eigenvalue weighted by molar-refractivity contribution is -0.132. The Hall–Kier alpha value is -1.63. The van der Waals surface area contributed by atoms with E-state index < -0.39 is 29.4 Å². The van der Waals surface area contributed by atoms with Crippen LogP contribution in [-0.2, 0) is 14.4 Å². The van der Waals surface area contributed by atoms with Crippen LogP contribution in [0.4, 0.5) is 0 Å². The van der Waals surface area contributed by atoms with E-state index in [1.165, 1.54) is 0 Å². The molecule has 1 aliphatic carbocycles. The second kappa shape index (κ2) is 7.77. The van der Waals surface area contributed by atoms with Crippen molar-refractivity contribution in [2.75, 3.05) is 0 Å². The number of amides is 3. The summed E-state index contributed by atoms with van der Waals surface area (Å²) in [6, 6.07) is -2.12. The van der Waals surface area contributed by atoms with Gasteiger partial charge in [0.1, 0.15) is 12.1 Å². The number of nitrogens with two attached hydrogens (primary N) is 2. The third kappa shape index (κ3) is 6.17. The highest BCUT2D eigenvalue weighted by molar-refractivity contribution is 5.92. The highest BCUT2D eigenvalue weighted by Gasteiger charge is 2.34. The molecule has 1 fully saturated rings. The first kappa shape index (κ1) is 19.4. The fourth-order valence-electron chi connectivity index (χ4n) is 2.22. The van der Waals surface area contributed by atoms with Crippen LogP contribution in [0.1, 0.15) is 53.4 Å². The van der Waals surface area contributed by atoms with Gasteiger partial charge in [-0.15, -0.1) is 0 Å². The fourth-order valence-corrected chi connectivity index (χ4v) is 2.22. The minimum atomic E-state index is -0.725. The number of nitrogens with one attached hydrogen (secondary N) is 2. The highest BCUT2D eigenvalue weighted by atomic mass is 16.2. The molecule has 0 bridgehead atoms. The molecule has 0 heterocycles. The van der Waals surface area contributed by atoms with Gasteiger partial charge in [-0.1, -0.05) is 40.5 Å². The molecule has 3 atom stereocenters. The van der Waals surface area contributed by atoms with Crippen LogP contribution < -0.4 is 22.1 Å². The maximum absolute atomic E-state index is 12.4. The van der Waals surface area contributed by atoms with Gasteiger partial charge in [0.15, 0.2) is 0 Å². The Bertz CT molecular complexity index is 455. The quantitative estimate of drug-likeness (QED) is 0.501. The van der Waals surface area contributed by atoms with Gasteiger partial charge in [0, 0.05) is 0 Å². The lowest BCUT2D eigenvalue weighted by Gasteiger charge is -2.28. The second-order valence-corrected chi connectivity index (χ2v) is 7.46. The van der Waals surface area contributed by atoms with Gasteiger partial charge >= 0.3 is 0 Å². The van der Waals surface area contributed by atoms with Crippen LogP contribution in [0.25, 0.3) is 0 Å². The zero-order valence-corrected chi connectivity index (χ0v) is 14.5. The van der Waals surface area contributed by atoms with Crippen molar-refractivity contribution in [2.24, 2.45) is 22.8 Å². The van der Waals surface area contributed by atoms with Crippen LogP contribution in [0.15, 0.2) is 0 Å². The van der Waals surface area contributed by atoms with E-state index in [0.717, 1.165) is 12.8 Å². The van der Waals surface area contributed by atoms with E-state index in [1.807, 2.05) is 20.8 Å². The van der Waals surface area contributed by atoms with Gasteiger partial charge in [0.05, 0.1) is 6.04 Å². The summed E-state index contributed by atoms with van der Waals surface area (Å²) in [6.07, 6.45) is 3.08. The zero-order chi connectivity index (χ0) is 17.8. The van der Waals surface area contributed by atoms with Gasteiger partial charge in [-0.25, -0.2) is 0 Å². The van der Waals surface area contributed by atoms with E-state index in [0.29, 0.717) is 18.8 Å². The normalized spacial score (nSPS) is 18.7. The predicted molar refractivity (Wildman–Crippen MR) is 88.1 cm³/mol. The molecule has 6 N–H and O–H groups in total. The monoisotopic (exact) mass is 326 g/mol. The lowest BCUT2D eigenvalue weighted by Crippen LogP contribution is -2.57. The maximum Gasteiger partial charge on any atom is 0.243 e. The molecule has 0 spiro atoms. The topological polar surface area (TPSA) is 127 Å². The van der Waals surface area contributed by atoms with E-state index in [2.05, 4.69) is 10.6 Å². The smallest absolute Gasteiger partial charge is 0.243 e. The predicted octanol–water partition coefficient (Wildman–Crippen LogP) is 0.0248. The Labute approximate surface area is 137 Å². The number of hydrogen-bond donors (Lipinski definition) is 4. The summed E-state index contributed by atoms with van der Waals surface area (Å²) < 4.78 is 0. The number of primary amides is 1. The van der Waals surface area contributed by atoms with Crippen molar-refractivity contribution in [1.29, 1.82) is 0 Å². The Balaban J connectivity index is 2.73. The molecule has 0 aromatic rings. The van der Waals surface area contributed by atoms with Crippen molar-refractivity contribution in [1.82, 2.24) is 10.6 Å². The molecule has 23 heavy (non-hydrogen) atoms. The van der Waals surface area contributed by atoms with E-state index >= 15 is 0 Å². The molecular weight excluding hydrogens is 296 g/mol. The number of rotatable bonds is 8. The van der Waals surface area contributed by atoms with Crippen molar-refractivity contribution >= 4 is 17.7 Å². The third-order valence-electron chi connectivity index (χ3n) is 4.18. The average Bonchev–Trinajstić information content (AvgIpc) is 3.25. The van der Waals surface area contributed by atoms with Crippen LogP contribution in [0.2, 0.25) is 0 Å². The molecule has 3 amide bonds. The zero-order valence-electron chi connectivity index (χ0n) is 14.5. The summed E-state index contributed by atoms with van der Waals surface area (Å²) in [5, 5.41) is 5.35. The highest BCUT2D eigenvalue weighted by Crippen LogP contribution is 2.33. The SMILES string of the molecule is CC[C@H](NC(=O)[C@H](CC1CC1)NC(=O)[C@@H](N)C(C)(C)C)C(N)=O. The molecular formula is C16H30N4O3. The number of carbonyl (C=O) groups is 3. The summed E-state index contributed by atoms with van der Waals surface area (Å²) in [7, 11) is 0. The van der Waals surface area contributed by atoms with Gasteiger partial charge in [-0.2, -0.15) is 0 Å². The number of carbonyl (C=O) groups excluding carboxylic acids is 3. The third-order valence-corrected chi connectivity index (χ3v) is 4.18. The molecule has 7 heteroatoms. The van der Waals surface area contributed by atoms with Gasteiger partial charge < -0.3 is 22.1 Å². The summed E-state index contributed by atoms with van der Waals surface area (Å²) in [6.45, 7) is 7.37. The standard InChI is InChI=1S/C16H30N4O3/c1-5-10(13(18)21)19-14(22)11(8-9-6-7-9)20-15(23)12(17)16(2,3)4/h9-12H,5-8,17H2,1-4H3,(H2,18,21)(H,19,22)(H,20,23)/t10-,11-,12+/m0/s1. The first-order valence-electron chi connectivity index (χ1n) is 8.21. The molecule has 0 radical (unpaired) electrons. The summed E-state index contributed by atoms with van der Waals surface area (Å²) in [5.74, 6) is -0.878. The van der Waals surface area contributed by atoms with Gasteiger partial charge in [-0.3, -0.25) is 14.4 Å².